The number of hydrogen-bond acceptors (Lipinski definition) is 3. The van der Waals surface area contributed by atoms with Crippen molar-refractivity contribution >= 4 is 11.5 Å². The molecule has 0 saturated heterocycles. The van der Waals surface area contributed by atoms with Crippen molar-refractivity contribution < 1.29 is 13.2 Å². The standard InChI is InChI=1S/C19H19F3N4/c20-19(21,22)14-6-4-5-13(11-14)16-12-23-18-10-9-17(25-26(16)18)24-15-7-2-1-3-8-15/h4-6,9-12,15H,1-3,7-8H2,(H,24,25). The molecule has 0 aliphatic heterocycles. The van der Waals surface area contributed by atoms with Gasteiger partial charge in [-0.15, -0.1) is 5.10 Å². The number of nitrogens with zero attached hydrogens (tertiary/aromatic N) is 3. The number of alkyl halides is 3. The van der Waals surface area contributed by atoms with Crippen molar-refractivity contribution in [3.63, 3.8) is 0 Å². The van der Waals surface area contributed by atoms with E-state index in [1.54, 1.807) is 16.8 Å². The number of rotatable bonds is 3. The first kappa shape index (κ1) is 16.9. The van der Waals surface area contributed by atoms with E-state index in [0.29, 0.717) is 22.9 Å². The van der Waals surface area contributed by atoms with E-state index in [1.807, 2.05) is 12.1 Å². The van der Waals surface area contributed by atoms with Crippen LogP contribution < -0.4 is 5.32 Å². The van der Waals surface area contributed by atoms with E-state index < -0.39 is 11.7 Å². The highest BCUT2D eigenvalue weighted by atomic mass is 19.4. The smallest absolute Gasteiger partial charge is 0.366 e. The number of anilines is 1. The van der Waals surface area contributed by atoms with Crippen LogP contribution in [0.5, 0.6) is 0 Å². The molecule has 1 aliphatic rings. The van der Waals surface area contributed by atoms with Gasteiger partial charge in [-0.2, -0.15) is 13.2 Å². The molecule has 1 saturated carbocycles. The van der Waals surface area contributed by atoms with Gasteiger partial charge in [0.2, 0.25) is 0 Å². The van der Waals surface area contributed by atoms with Crippen molar-refractivity contribution in [2.75, 3.05) is 5.32 Å². The first-order valence-electron chi connectivity index (χ1n) is 8.80. The highest BCUT2D eigenvalue weighted by Gasteiger charge is 2.30. The van der Waals surface area contributed by atoms with Crippen LogP contribution in [0, 0.1) is 0 Å². The summed E-state index contributed by atoms with van der Waals surface area (Å²) in [5.74, 6) is 0.718. The zero-order valence-corrected chi connectivity index (χ0v) is 14.1. The van der Waals surface area contributed by atoms with Crippen molar-refractivity contribution in [1.82, 2.24) is 14.6 Å². The minimum Gasteiger partial charge on any atom is -0.366 e. The summed E-state index contributed by atoms with van der Waals surface area (Å²) in [6, 6.07) is 9.34. The lowest BCUT2D eigenvalue weighted by molar-refractivity contribution is -0.137. The fraction of sp³-hybridized carbons (Fsp3) is 0.368. The van der Waals surface area contributed by atoms with Crippen LogP contribution in [0.4, 0.5) is 19.0 Å². The maximum Gasteiger partial charge on any atom is 0.416 e. The summed E-state index contributed by atoms with van der Waals surface area (Å²) in [7, 11) is 0. The number of nitrogens with one attached hydrogen (secondary N) is 1. The van der Waals surface area contributed by atoms with Crippen LogP contribution in [0.15, 0.2) is 42.6 Å². The predicted molar refractivity (Wildman–Crippen MR) is 93.9 cm³/mol. The summed E-state index contributed by atoms with van der Waals surface area (Å²) in [6.45, 7) is 0. The first-order valence-corrected chi connectivity index (χ1v) is 8.80. The maximum absolute atomic E-state index is 13.0. The maximum atomic E-state index is 13.0. The van der Waals surface area contributed by atoms with Gasteiger partial charge in [0.15, 0.2) is 5.65 Å². The van der Waals surface area contributed by atoms with Gasteiger partial charge in [0.1, 0.15) is 5.82 Å². The van der Waals surface area contributed by atoms with Crippen molar-refractivity contribution in [2.45, 2.75) is 44.3 Å². The van der Waals surface area contributed by atoms with Gasteiger partial charge in [-0.25, -0.2) is 9.50 Å². The van der Waals surface area contributed by atoms with Gasteiger partial charge in [0.25, 0.3) is 0 Å². The number of hydrogen-bond donors (Lipinski definition) is 1. The van der Waals surface area contributed by atoms with Crippen LogP contribution in [-0.2, 0) is 6.18 Å². The van der Waals surface area contributed by atoms with Gasteiger partial charge in [0, 0.05) is 11.6 Å². The molecule has 0 unspecified atom stereocenters. The largest absolute Gasteiger partial charge is 0.416 e. The fourth-order valence-corrected chi connectivity index (χ4v) is 3.46. The Bertz CT molecular complexity index is 911. The van der Waals surface area contributed by atoms with Crippen LogP contribution >= 0.6 is 0 Å². The molecule has 0 spiro atoms. The molecule has 1 aromatic carbocycles. The second-order valence-electron chi connectivity index (χ2n) is 6.69. The quantitative estimate of drug-likeness (QED) is 0.701. The lowest BCUT2D eigenvalue weighted by Crippen LogP contribution is -2.23. The molecule has 4 rings (SSSR count). The molecule has 1 aliphatic carbocycles. The van der Waals surface area contributed by atoms with Crippen molar-refractivity contribution in [3.8, 4) is 11.3 Å². The minimum atomic E-state index is -4.38. The Morgan fingerprint density at radius 3 is 2.62 bits per heavy atom. The summed E-state index contributed by atoms with van der Waals surface area (Å²) in [6.07, 6.45) is 3.10. The molecule has 0 amide bonds. The second kappa shape index (κ2) is 6.63. The van der Waals surface area contributed by atoms with Crippen molar-refractivity contribution in [2.24, 2.45) is 0 Å². The van der Waals surface area contributed by atoms with Crippen LogP contribution in [0.3, 0.4) is 0 Å². The summed E-state index contributed by atoms with van der Waals surface area (Å²) < 4.78 is 40.6. The Balaban J connectivity index is 1.68. The van der Waals surface area contributed by atoms with Gasteiger partial charge in [-0.3, -0.25) is 0 Å². The van der Waals surface area contributed by atoms with Crippen LogP contribution in [0.2, 0.25) is 0 Å². The highest BCUT2D eigenvalue weighted by molar-refractivity contribution is 5.64. The Morgan fingerprint density at radius 1 is 1.04 bits per heavy atom. The van der Waals surface area contributed by atoms with Gasteiger partial charge < -0.3 is 5.32 Å². The van der Waals surface area contributed by atoms with Crippen LogP contribution in [0.1, 0.15) is 37.7 Å². The normalized spacial score (nSPS) is 16.1. The molecule has 3 aromatic rings. The van der Waals surface area contributed by atoms with E-state index in [2.05, 4.69) is 15.4 Å². The topological polar surface area (TPSA) is 42.2 Å². The summed E-state index contributed by atoms with van der Waals surface area (Å²) in [5, 5.41) is 8.00. The highest BCUT2D eigenvalue weighted by Crippen LogP contribution is 2.32. The third-order valence-electron chi connectivity index (χ3n) is 4.81. The average molecular weight is 360 g/mol. The Kier molecular flexibility index (Phi) is 4.30. The van der Waals surface area contributed by atoms with Gasteiger partial charge in [-0.05, 0) is 37.1 Å². The van der Waals surface area contributed by atoms with Gasteiger partial charge in [-0.1, -0.05) is 31.4 Å². The summed E-state index contributed by atoms with van der Waals surface area (Å²) >= 11 is 0. The van der Waals surface area contributed by atoms with E-state index in [0.717, 1.165) is 30.8 Å². The summed E-state index contributed by atoms with van der Waals surface area (Å²) in [4.78, 5) is 4.27. The number of imidazole rings is 1. The SMILES string of the molecule is FC(F)(F)c1cccc(-c2cnc3ccc(NC4CCCCC4)nn23)c1. The molecular weight excluding hydrogens is 341 g/mol. The van der Waals surface area contributed by atoms with Crippen molar-refractivity contribution in [1.29, 1.82) is 0 Å². The van der Waals surface area contributed by atoms with Crippen LogP contribution in [0.25, 0.3) is 16.9 Å². The molecule has 0 atom stereocenters. The molecule has 136 valence electrons. The fourth-order valence-electron chi connectivity index (χ4n) is 3.46. The van der Waals surface area contributed by atoms with Gasteiger partial charge >= 0.3 is 6.18 Å². The zero-order chi connectivity index (χ0) is 18.1. The summed E-state index contributed by atoms with van der Waals surface area (Å²) in [5.41, 5.74) is 0.904. The van der Waals surface area contributed by atoms with E-state index in [4.69, 9.17) is 0 Å². The molecule has 2 aromatic heterocycles. The predicted octanol–water partition coefficient (Wildman–Crippen LogP) is 5.16. The monoisotopic (exact) mass is 360 g/mol. The Labute approximate surface area is 149 Å². The number of aromatic nitrogens is 3. The Morgan fingerprint density at radius 2 is 1.85 bits per heavy atom. The second-order valence-corrected chi connectivity index (χ2v) is 6.69. The molecule has 0 bridgehead atoms. The average Bonchev–Trinajstić information content (AvgIpc) is 3.05. The third kappa shape index (κ3) is 3.38. The molecule has 7 heteroatoms. The van der Waals surface area contributed by atoms with E-state index in [1.165, 1.54) is 25.3 Å². The number of fused-ring (bicyclic) bond motifs is 1. The first-order chi connectivity index (χ1) is 12.5. The van der Waals surface area contributed by atoms with Crippen LogP contribution in [-0.4, -0.2) is 20.6 Å². The molecule has 4 nitrogen and oxygen atoms in total. The van der Waals surface area contributed by atoms with E-state index in [9.17, 15) is 13.2 Å². The Hall–Kier alpha value is -2.57. The molecule has 0 radical (unpaired) electrons. The number of benzene rings is 1. The van der Waals surface area contributed by atoms with E-state index >= 15 is 0 Å². The molecule has 2 heterocycles. The lowest BCUT2D eigenvalue weighted by Gasteiger charge is -2.23. The molecule has 1 N–H and O–H groups in total. The third-order valence-corrected chi connectivity index (χ3v) is 4.81. The van der Waals surface area contributed by atoms with Crippen molar-refractivity contribution in [3.05, 3.63) is 48.2 Å². The number of halogens is 3. The van der Waals surface area contributed by atoms with Gasteiger partial charge in [0.05, 0.1) is 17.5 Å². The zero-order valence-electron chi connectivity index (χ0n) is 14.1. The molecule has 1 fully saturated rings. The lowest BCUT2D eigenvalue weighted by atomic mass is 9.95. The molecule has 26 heavy (non-hydrogen) atoms. The van der Waals surface area contributed by atoms with E-state index in [-0.39, 0.29) is 0 Å². The minimum absolute atomic E-state index is 0.397. The molecular formula is C19H19F3N4.